The van der Waals surface area contributed by atoms with E-state index in [1.165, 1.54) is 0 Å². The Morgan fingerprint density at radius 1 is 1.36 bits per heavy atom. The van der Waals surface area contributed by atoms with Crippen LogP contribution in [0.3, 0.4) is 0 Å². The summed E-state index contributed by atoms with van der Waals surface area (Å²) in [5.41, 5.74) is -0.607. The molecule has 0 saturated carbocycles. The lowest BCUT2D eigenvalue weighted by Crippen LogP contribution is -2.51. The molecular weight excluding hydrogens is 176 g/mol. The maximum Gasteiger partial charge on any atom is 0.0742 e. The molecule has 1 aliphatic rings. The Labute approximate surface area is 87.7 Å². The standard InChI is InChI=1S/C12H24O2/c1-9(2)10-8-12(13,6-7-14-10)11(3,4)5/h9-10,13H,6-8H2,1-5H3. The lowest BCUT2D eigenvalue weighted by molar-refractivity contribution is -0.162. The number of aliphatic hydroxyl groups is 1. The summed E-state index contributed by atoms with van der Waals surface area (Å²) in [7, 11) is 0. The maximum absolute atomic E-state index is 10.5. The predicted molar refractivity (Wildman–Crippen MR) is 58.2 cm³/mol. The lowest BCUT2D eigenvalue weighted by Gasteiger charge is -2.46. The minimum Gasteiger partial charge on any atom is -0.389 e. The first-order valence-corrected chi connectivity index (χ1v) is 5.60. The summed E-state index contributed by atoms with van der Waals surface area (Å²) >= 11 is 0. The lowest BCUT2D eigenvalue weighted by atomic mass is 9.69. The summed E-state index contributed by atoms with van der Waals surface area (Å²) in [6, 6.07) is 0. The molecule has 84 valence electrons. The fraction of sp³-hybridized carbons (Fsp3) is 1.00. The van der Waals surface area contributed by atoms with Crippen molar-refractivity contribution in [3.8, 4) is 0 Å². The van der Waals surface area contributed by atoms with Crippen LogP contribution in [0, 0.1) is 11.3 Å². The number of rotatable bonds is 1. The van der Waals surface area contributed by atoms with Gasteiger partial charge in [0.1, 0.15) is 0 Å². The molecule has 14 heavy (non-hydrogen) atoms. The largest absolute Gasteiger partial charge is 0.389 e. The van der Waals surface area contributed by atoms with Crippen molar-refractivity contribution in [2.75, 3.05) is 6.61 Å². The summed E-state index contributed by atoms with van der Waals surface area (Å²) in [5.74, 6) is 0.490. The third-order valence-corrected chi connectivity index (χ3v) is 3.53. The van der Waals surface area contributed by atoms with E-state index in [0.717, 1.165) is 12.8 Å². The Balaban J connectivity index is 2.72. The third kappa shape index (κ3) is 2.29. The van der Waals surface area contributed by atoms with Crippen LogP contribution >= 0.6 is 0 Å². The van der Waals surface area contributed by atoms with E-state index < -0.39 is 5.60 Å². The van der Waals surface area contributed by atoms with Crippen LogP contribution in [0.1, 0.15) is 47.5 Å². The fourth-order valence-corrected chi connectivity index (χ4v) is 1.98. The van der Waals surface area contributed by atoms with Gasteiger partial charge in [-0.05, 0) is 11.3 Å². The summed E-state index contributed by atoms with van der Waals surface area (Å²) in [6.45, 7) is 11.3. The molecule has 0 spiro atoms. The SMILES string of the molecule is CC(C)C1CC(O)(C(C)(C)C)CCO1. The zero-order chi connectivity index (χ0) is 11.0. The van der Waals surface area contributed by atoms with E-state index in [2.05, 4.69) is 34.6 Å². The van der Waals surface area contributed by atoms with Crippen molar-refractivity contribution in [1.82, 2.24) is 0 Å². The summed E-state index contributed by atoms with van der Waals surface area (Å²) in [6.07, 6.45) is 1.75. The average Bonchev–Trinajstić information content (AvgIpc) is 2.02. The van der Waals surface area contributed by atoms with Gasteiger partial charge in [-0.15, -0.1) is 0 Å². The Morgan fingerprint density at radius 3 is 2.36 bits per heavy atom. The van der Waals surface area contributed by atoms with Gasteiger partial charge < -0.3 is 9.84 Å². The molecule has 1 N–H and O–H groups in total. The summed E-state index contributed by atoms with van der Waals surface area (Å²) < 4.78 is 5.67. The number of hydrogen-bond donors (Lipinski definition) is 1. The minimum atomic E-state index is -0.555. The Kier molecular flexibility index (Phi) is 3.27. The molecule has 2 unspecified atom stereocenters. The Morgan fingerprint density at radius 2 is 1.93 bits per heavy atom. The van der Waals surface area contributed by atoms with Crippen molar-refractivity contribution in [3.63, 3.8) is 0 Å². The molecule has 2 nitrogen and oxygen atoms in total. The van der Waals surface area contributed by atoms with Gasteiger partial charge in [0, 0.05) is 19.4 Å². The van der Waals surface area contributed by atoms with Gasteiger partial charge in [0.05, 0.1) is 11.7 Å². The highest BCUT2D eigenvalue weighted by atomic mass is 16.5. The van der Waals surface area contributed by atoms with Crippen molar-refractivity contribution in [1.29, 1.82) is 0 Å². The number of hydrogen-bond acceptors (Lipinski definition) is 2. The van der Waals surface area contributed by atoms with Gasteiger partial charge in [0.15, 0.2) is 0 Å². The second kappa shape index (κ2) is 3.82. The van der Waals surface area contributed by atoms with Crippen LogP contribution in [-0.4, -0.2) is 23.4 Å². The first-order valence-electron chi connectivity index (χ1n) is 5.60. The highest BCUT2D eigenvalue weighted by Gasteiger charge is 2.44. The van der Waals surface area contributed by atoms with E-state index >= 15 is 0 Å². The first kappa shape index (κ1) is 12.0. The van der Waals surface area contributed by atoms with Gasteiger partial charge in [-0.25, -0.2) is 0 Å². The quantitative estimate of drug-likeness (QED) is 0.705. The van der Waals surface area contributed by atoms with E-state index in [1.54, 1.807) is 0 Å². The molecule has 1 saturated heterocycles. The monoisotopic (exact) mass is 200 g/mol. The minimum absolute atomic E-state index is 0.0517. The molecule has 0 aromatic heterocycles. The smallest absolute Gasteiger partial charge is 0.0742 e. The van der Waals surface area contributed by atoms with Crippen molar-refractivity contribution < 1.29 is 9.84 Å². The van der Waals surface area contributed by atoms with Gasteiger partial charge in [-0.1, -0.05) is 34.6 Å². The van der Waals surface area contributed by atoms with Crippen LogP contribution in [-0.2, 0) is 4.74 Å². The molecule has 1 heterocycles. The first-order chi connectivity index (χ1) is 6.26. The molecule has 2 atom stereocenters. The van der Waals surface area contributed by atoms with E-state index in [1.807, 2.05) is 0 Å². The zero-order valence-corrected chi connectivity index (χ0v) is 10.1. The van der Waals surface area contributed by atoms with E-state index in [4.69, 9.17) is 4.74 Å². The molecule has 0 amide bonds. The van der Waals surface area contributed by atoms with Crippen LogP contribution < -0.4 is 0 Å². The van der Waals surface area contributed by atoms with Gasteiger partial charge in [-0.2, -0.15) is 0 Å². The van der Waals surface area contributed by atoms with Crippen LogP contribution in [0.4, 0.5) is 0 Å². The van der Waals surface area contributed by atoms with Gasteiger partial charge in [0.25, 0.3) is 0 Å². The van der Waals surface area contributed by atoms with Crippen LogP contribution in [0.2, 0.25) is 0 Å². The van der Waals surface area contributed by atoms with Gasteiger partial charge in [0.2, 0.25) is 0 Å². The molecule has 0 bridgehead atoms. The summed E-state index contributed by atoms with van der Waals surface area (Å²) in [4.78, 5) is 0. The van der Waals surface area contributed by atoms with E-state index in [0.29, 0.717) is 12.5 Å². The second-order valence-electron chi connectivity index (χ2n) is 5.89. The highest BCUT2D eigenvalue weighted by Crippen LogP contribution is 2.41. The normalized spacial score (nSPS) is 34.9. The highest BCUT2D eigenvalue weighted by molar-refractivity contribution is 4.95. The molecular formula is C12H24O2. The van der Waals surface area contributed by atoms with Gasteiger partial charge >= 0.3 is 0 Å². The molecule has 2 heteroatoms. The fourth-order valence-electron chi connectivity index (χ4n) is 1.98. The molecule has 1 fully saturated rings. The van der Waals surface area contributed by atoms with Crippen molar-refractivity contribution >= 4 is 0 Å². The van der Waals surface area contributed by atoms with Crippen molar-refractivity contribution in [2.45, 2.75) is 59.2 Å². The second-order valence-corrected chi connectivity index (χ2v) is 5.89. The van der Waals surface area contributed by atoms with Crippen molar-refractivity contribution in [2.24, 2.45) is 11.3 Å². The number of ether oxygens (including phenoxy) is 1. The van der Waals surface area contributed by atoms with E-state index in [9.17, 15) is 5.11 Å². The van der Waals surface area contributed by atoms with Crippen LogP contribution in [0.5, 0.6) is 0 Å². The Bertz CT molecular complexity index is 193. The zero-order valence-electron chi connectivity index (χ0n) is 10.1. The van der Waals surface area contributed by atoms with Crippen LogP contribution in [0.15, 0.2) is 0 Å². The predicted octanol–water partition coefficient (Wildman–Crippen LogP) is 2.60. The molecule has 0 aromatic carbocycles. The Hall–Kier alpha value is -0.0800. The van der Waals surface area contributed by atoms with Crippen LogP contribution in [0.25, 0.3) is 0 Å². The molecule has 1 aliphatic heterocycles. The van der Waals surface area contributed by atoms with Gasteiger partial charge in [-0.3, -0.25) is 0 Å². The topological polar surface area (TPSA) is 29.5 Å². The molecule has 0 radical (unpaired) electrons. The molecule has 0 aliphatic carbocycles. The summed E-state index contributed by atoms with van der Waals surface area (Å²) in [5, 5.41) is 10.5. The molecule has 0 aromatic rings. The third-order valence-electron chi connectivity index (χ3n) is 3.53. The van der Waals surface area contributed by atoms with E-state index in [-0.39, 0.29) is 11.5 Å². The maximum atomic E-state index is 10.5. The van der Waals surface area contributed by atoms with Crippen molar-refractivity contribution in [3.05, 3.63) is 0 Å². The molecule has 1 rings (SSSR count). The average molecular weight is 200 g/mol.